The van der Waals surface area contributed by atoms with Gasteiger partial charge in [0.15, 0.2) is 0 Å². The van der Waals surface area contributed by atoms with Gasteiger partial charge in [0.1, 0.15) is 5.15 Å². The molecule has 1 heterocycles. The molecule has 1 aromatic heterocycles. The SMILES string of the molecule is CCCCOC(=O)c1c(C)ccnc1Cl. The van der Waals surface area contributed by atoms with Crippen LogP contribution in [0.3, 0.4) is 0 Å². The summed E-state index contributed by atoms with van der Waals surface area (Å²) < 4.78 is 5.07. The van der Waals surface area contributed by atoms with Crippen LogP contribution in [0.4, 0.5) is 0 Å². The van der Waals surface area contributed by atoms with Gasteiger partial charge in [-0.05, 0) is 25.0 Å². The standard InChI is InChI=1S/C11H14ClNO2/c1-3-4-7-15-11(14)9-8(2)5-6-13-10(9)12/h5-6H,3-4,7H2,1-2H3. The van der Waals surface area contributed by atoms with Gasteiger partial charge in [-0.2, -0.15) is 0 Å². The molecule has 0 aromatic carbocycles. The fourth-order valence-electron chi connectivity index (χ4n) is 1.15. The molecule has 0 radical (unpaired) electrons. The molecule has 0 aliphatic rings. The Bertz CT molecular complexity index is 332. The van der Waals surface area contributed by atoms with Gasteiger partial charge >= 0.3 is 5.97 Å². The van der Waals surface area contributed by atoms with Gasteiger partial charge in [-0.1, -0.05) is 24.9 Å². The number of carbonyl (C=O) groups excluding carboxylic acids is 1. The highest BCUT2D eigenvalue weighted by Gasteiger charge is 2.15. The van der Waals surface area contributed by atoms with Crippen molar-refractivity contribution in [3.8, 4) is 0 Å². The van der Waals surface area contributed by atoms with E-state index in [1.54, 1.807) is 12.3 Å². The number of carbonyl (C=O) groups is 1. The van der Waals surface area contributed by atoms with E-state index in [1.807, 2.05) is 13.8 Å². The Balaban J connectivity index is 2.73. The normalized spacial score (nSPS) is 10.1. The number of pyridine rings is 1. The molecule has 1 rings (SSSR count). The minimum absolute atomic E-state index is 0.205. The minimum Gasteiger partial charge on any atom is -0.462 e. The summed E-state index contributed by atoms with van der Waals surface area (Å²) in [5.41, 5.74) is 1.16. The van der Waals surface area contributed by atoms with E-state index in [2.05, 4.69) is 4.98 Å². The Morgan fingerprint density at radius 1 is 1.60 bits per heavy atom. The summed E-state index contributed by atoms with van der Waals surface area (Å²) in [5.74, 6) is -0.390. The van der Waals surface area contributed by atoms with Crippen LogP contribution in [0.1, 0.15) is 35.7 Å². The van der Waals surface area contributed by atoms with Crippen molar-refractivity contribution in [2.24, 2.45) is 0 Å². The van der Waals surface area contributed by atoms with E-state index < -0.39 is 0 Å². The van der Waals surface area contributed by atoms with Gasteiger partial charge in [0.25, 0.3) is 0 Å². The van der Waals surface area contributed by atoms with Crippen molar-refractivity contribution in [1.29, 1.82) is 0 Å². The molecule has 0 spiro atoms. The number of halogens is 1. The summed E-state index contributed by atoms with van der Waals surface area (Å²) in [6.07, 6.45) is 3.43. The number of rotatable bonds is 4. The van der Waals surface area contributed by atoms with Crippen molar-refractivity contribution < 1.29 is 9.53 Å². The van der Waals surface area contributed by atoms with Crippen molar-refractivity contribution >= 4 is 17.6 Å². The highest BCUT2D eigenvalue weighted by Crippen LogP contribution is 2.17. The van der Waals surface area contributed by atoms with Crippen molar-refractivity contribution in [2.45, 2.75) is 26.7 Å². The quantitative estimate of drug-likeness (QED) is 0.451. The largest absolute Gasteiger partial charge is 0.462 e. The van der Waals surface area contributed by atoms with Crippen LogP contribution in [0.5, 0.6) is 0 Å². The van der Waals surface area contributed by atoms with Crippen LogP contribution in [-0.4, -0.2) is 17.6 Å². The summed E-state index contributed by atoms with van der Waals surface area (Å²) in [6, 6.07) is 1.74. The number of hydrogen-bond acceptors (Lipinski definition) is 3. The maximum Gasteiger partial charge on any atom is 0.341 e. The lowest BCUT2D eigenvalue weighted by Gasteiger charge is -2.07. The number of ether oxygens (including phenoxy) is 1. The van der Waals surface area contributed by atoms with Crippen LogP contribution in [0.25, 0.3) is 0 Å². The molecule has 82 valence electrons. The number of unbranched alkanes of at least 4 members (excludes halogenated alkanes) is 1. The summed E-state index contributed by atoms with van der Waals surface area (Å²) in [5, 5.41) is 0.205. The Kier molecular flexibility index (Phi) is 4.56. The molecule has 0 fully saturated rings. The number of aromatic nitrogens is 1. The Labute approximate surface area is 94.4 Å². The van der Waals surface area contributed by atoms with Crippen molar-refractivity contribution in [3.63, 3.8) is 0 Å². The van der Waals surface area contributed by atoms with E-state index >= 15 is 0 Å². The van der Waals surface area contributed by atoms with Crippen molar-refractivity contribution in [1.82, 2.24) is 4.98 Å². The van der Waals surface area contributed by atoms with E-state index in [4.69, 9.17) is 16.3 Å². The van der Waals surface area contributed by atoms with E-state index in [0.29, 0.717) is 12.2 Å². The molecule has 0 unspecified atom stereocenters. The molecule has 4 heteroatoms. The summed E-state index contributed by atoms with van der Waals surface area (Å²) >= 11 is 5.83. The molecule has 0 aliphatic heterocycles. The predicted molar refractivity (Wildman–Crippen MR) is 59.2 cm³/mol. The fourth-order valence-corrected chi connectivity index (χ4v) is 1.43. The first kappa shape index (κ1) is 12.0. The summed E-state index contributed by atoms with van der Waals surface area (Å²) in [7, 11) is 0. The van der Waals surface area contributed by atoms with Gasteiger partial charge in [-0.3, -0.25) is 0 Å². The number of aryl methyl sites for hydroxylation is 1. The van der Waals surface area contributed by atoms with Crippen LogP contribution >= 0.6 is 11.6 Å². The van der Waals surface area contributed by atoms with E-state index in [-0.39, 0.29) is 11.1 Å². The van der Waals surface area contributed by atoms with Crippen molar-refractivity contribution in [2.75, 3.05) is 6.61 Å². The van der Waals surface area contributed by atoms with E-state index in [1.165, 1.54) is 0 Å². The van der Waals surface area contributed by atoms with Gasteiger partial charge in [0.05, 0.1) is 12.2 Å². The van der Waals surface area contributed by atoms with Gasteiger partial charge < -0.3 is 4.74 Å². The van der Waals surface area contributed by atoms with Gasteiger partial charge in [0.2, 0.25) is 0 Å². The van der Waals surface area contributed by atoms with Crippen LogP contribution in [0.15, 0.2) is 12.3 Å². The first-order valence-electron chi connectivity index (χ1n) is 4.95. The number of hydrogen-bond donors (Lipinski definition) is 0. The van der Waals surface area contributed by atoms with Crippen LogP contribution in [-0.2, 0) is 4.74 Å². The lowest BCUT2D eigenvalue weighted by molar-refractivity contribution is 0.0498. The zero-order valence-corrected chi connectivity index (χ0v) is 9.67. The van der Waals surface area contributed by atoms with E-state index in [9.17, 15) is 4.79 Å². The smallest absolute Gasteiger partial charge is 0.341 e. The third-order valence-corrected chi connectivity index (χ3v) is 2.33. The molecule has 0 N–H and O–H groups in total. The molecule has 0 aliphatic carbocycles. The Morgan fingerprint density at radius 3 is 2.93 bits per heavy atom. The van der Waals surface area contributed by atoms with Crippen LogP contribution < -0.4 is 0 Å². The van der Waals surface area contributed by atoms with Gasteiger partial charge in [-0.15, -0.1) is 0 Å². The number of nitrogens with zero attached hydrogens (tertiary/aromatic N) is 1. The second kappa shape index (κ2) is 5.71. The van der Waals surface area contributed by atoms with Crippen molar-refractivity contribution in [3.05, 3.63) is 28.5 Å². The average Bonchev–Trinajstić information content (AvgIpc) is 2.18. The van der Waals surface area contributed by atoms with E-state index in [0.717, 1.165) is 18.4 Å². The Hall–Kier alpha value is -1.09. The average molecular weight is 228 g/mol. The van der Waals surface area contributed by atoms with Gasteiger partial charge in [-0.25, -0.2) is 9.78 Å². The molecule has 0 saturated carbocycles. The second-order valence-corrected chi connectivity index (χ2v) is 3.64. The second-order valence-electron chi connectivity index (χ2n) is 3.28. The fraction of sp³-hybridized carbons (Fsp3) is 0.455. The third kappa shape index (κ3) is 3.20. The monoisotopic (exact) mass is 227 g/mol. The zero-order valence-electron chi connectivity index (χ0n) is 8.92. The first-order chi connectivity index (χ1) is 7.16. The number of esters is 1. The maximum atomic E-state index is 11.6. The highest BCUT2D eigenvalue weighted by atomic mass is 35.5. The maximum absolute atomic E-state index is 11.6. The molecule has 15 heavy (non-hydrogen) atoms. The lowest BCUT2D eigenvalue weighted by atomic mass is 10.2. The minimum atomic E-state index is -0.390. The first-order valence-corrected chi connectivity index (χ1v) is 5.32. The molecule has 0 saturated heterocycles. The molecular weight excluding hydrogens is 214 g/mol. The predicted octanol–water partition coefficient (Wildman–Crippen LogP) is 3.00. The Morgan fingerprint density at radius 2 is 2.33 bits per heavy atom. The van der Waals surface area contributed by atoms with Gasteiger partial charge in [0, 0.05) is 6.20 Å². The molecule has 0 amide bonds. The molecule has 0 bridgehead atoms. The summed E-state index contributed by atoms with van der Waals surface area (Å²) in [6.45, 7) is 4.28. The third-order valence-electron chi connectivity index (χ3n) is 2.05. The highest BCUT2D eigenvalue weighted by molar-refractivity contribution is 6.32. The zero-order chi connectivity index (χ0) is 11.3. The van der Waals surface area contributed by atoms with Crippen LogP contribution in [0, 0.1) is 6.92 Å². The lowest BCUT2D eigenvalue weighted by Crippen LogP contribution is -2.09. The topological polar surface area (TPSA) is 39.2 Å². The molecular formula is C11H14ClNO2. The van der Waals surface area contributed by atoms with Crippen LogP contribution in [0.2, 0.25) is 5.15 Å². The molecule has 3 nitrogen and oxygen atoms in total. The molecule has 1 aromatic rings. The molecule has 0 atom stereocenters. The summed E-state index contributed by atoms with van der Waals surface area (Å²) in [4.78, 5) is 15.5.